The van der Waals surface area contributed by atoms with Gasteiger partial charge in [0.2, 0.25) is 0 Å². The predicted octanol–water partition coefficient (Wildman–Crippen LogP) is 15.1. The molecule has 248 valence electrons. The van der Waals surface area contributed by atoms with E-state index in [9.17, 15) is 0 Å². The predicted molar refractivity (Wildman–Crippen MR) is 228 cm³/mol. The molecule has 0 amide bonds. The Balaban J connectivity index is 1.15. The number of hydrogen-bond acceptors (Lipinski definition) is 2. The van der Waals surface area contributed by atoms with Gasteiger partial charge in [0.05, 0.1) is 0 Å². The van der Waals surface area contributed by atoms with Crippen LogP contribution in [0.25, 0.3) is 108 Å². The molecule has 12 rings (SSSR count). The van der Waals surface area contributed by atoms with Crippen molar-refractivity contribution in [2.75, 3.05) is 0 Å². The summed E-state index contributed by atoms with van der Waals surface area (Å²) in [6.07, 6.45) is 0. The van der Waals surface area contributed by atoms with Crippen molar-refractivity contribution in [2.24, 2.45) is 0 Å². The van der Waals surface area contributed by atoms with Crippen molar-refractivity contribution in [2.45, 2.75) is 19.3 Å². The summed E-state index contributed by atoms with van der Waals surface area (Å²) >= 11 is 1.86. The summed E-state index contributed by atoms with van der Waals surface area (Å²) < 4.78 is 9.45. The number of furan rings is 1. The lowest BCUT2D eigenvalue weighted by molar-refractivity contribution is 0.660. The highest BCUT2D eigenvalue weighted by atomic mass is 32.1. The molecule has 0 saturated carbocycles. The third-order valence-corrected chi connectivity index (χ3v) is 13.2. The molecule has 0 bridgehead atoms. The lowest BCUT2D eigenvalue weighted by atomic mass is 9.80. The van der Waals surface area contributed by atoms with Gasteiger partial charge in [0.1, 0.15) is 11.2 Å². The van der Waals surface area contributed by atoms with Crippen LogP contribution in [0.2, 0.25) is 0 Å². The van der Waals surface area contributed by atoms with E-state index in [1.165, 1.54) is 102 Å². The normalized spacial score (nSPS) is 13.6. The highest BCUT2D eigenvalue weighted by Crippen LogP contribution is 2.52. The Morgan fingerprint density at radius 2 is 0.981 bits per heavy atom. The number of fused-ring (bicyclic) bond motifs is 15. The Labute approximate surface area is 310 Å². The van der Waals surface area contributed by atoms with E-state index >= 15 is 0 Å². The summed E-state index contributed by atoms with van der Waals surface area (Å²) in [4.78, 5) is 0. The van der Waals surface area contributed by atoms with Crippen LogP contribution in [0, 0.1) is 0 Å². The van der Waals surface area contributed by atoms with Gasteiger partial charge >= 0.3 is 0 Å². The van der Waals surface area contributed by atoms with Crippen LogP contribution in [-0.2, 0) is 5.41 Å². The Morgan fingerprint density at radius 1 is 0.434 bits per heavy atom. The fourth-order valence-corrected chi connectivity index (χ4v) is 10.9. The quantitative estimate of drug-likeness (QED) is 0.164. The van der Waals surface area contributed by atoms with Crippen LogP contribution < -0.4 is 0 Å². The molecule has 2 heteroatoms. The molecule has 11 aromatic rings. The van der Waals surface area contributed by atoms with Gasteiger partial charge in [-0.2, -0.15) is 0 Å². The maximum Gasteiger partial charge on any atom is 0.145 e. The monoisotopic (exact) mass is 692 g/mol. The van der Waals surface area contributed by atoms with Crippen molar-refractivity contribution in [1.82, 2.24) is 0 Å². The highest BCUT2D eigenvalue weighted by Gasteiger charge is 2.35. The second-order valence-corrected chi connectivity index (χ2v) is 16.2. The van der Waals surface area contributed by atoms with E-state index in [0.29, 0.717) is 0 Å². The molecule has 9 aromatic carbocycles. The fraction of sp³-hybridized carbons (Fsp3) is 0.0588. The Kier molecular flexibility index (Phi) is 5.78. The second-order valence-electron chi connectivity index (χ2n) is 15.1. The van der Waals surface area contributed by atoms with E-state index < -0.39 is 0 Å². The molecule has 0 saturated heterocycles. The maximum atomic E-state index is 6.87. The van der Waals surface area contributed by atoms with E-state index in [0.717, 1.165) is 16.6 Å². The first-order valence-electron chi connectivity index (χ1n) is 18.4. The summed E-state index contributed by atoms with van der Waals surface area (Å²) in [5.41, 5.74) is 12.3. The molecule has 1 nitrogen and oxygen atoms in total. The van der Waals surface area contributed by atoms with Crippen LogP contribution in [-0.4, -0.2) is 0 Å². The SMILES string of the molecule is CC1(C)c2ccccc2-c2ccc(-c3c4ccccc4c(-c4ccc5oc6c(c5c4)c4ccccc4c4sc5ccccc5c64)c4ccccc34)cc21. The maximum absolute atomic E-state index is 6.87. The van der Waals surface area contributed by atoms with Gasteiger partial charge in [-0.15, -0.1) is 11.3 Å². The molecule has 53 heavy (non-hydrogen) atoms. The van der Waals surface area contributed by atoms with Crippen molar-refractivity contribution >= 4 is 85.8 Å². The zero-order valence-corrected chi connectivity index (χ0v) is 30.1. The minimum atomic E-state index is -0.0681. The molecule has 0 fully saturated rings. The second kappa shape index (κ2) is 10.4. The van der Waals surface area contributed by atoms with E-state index in [-0.39, 0.29) is 5.41 Å². The molecule has 0 spiro atoms. The summed E-state index contributed by atoms with van der Waals surface area (Å²) in [5.74, 6) is 0. The van der Waals surface area contributed by atoms with Crippen LogP contribution in [0.5, 0.6) is 0 Å². The average molecular weight is 693 g/mol. The molecule has 0 N–H and O–H groups in total. The lowest BCUT2D eigenvalue weighted by Crippen LogP contribution is -2.14. The van der Waals surface area contributed by atoms with Gasteiger partial charge in [-0.25, -0.2) is 0 Å². The molecule has 0 unspecified atom stereocenters. The molecular weight excluding hydrogens is 661 g/mol. The fourth-order valence-electron chi connectivity index (χ4n) is 9.67. The molecule has 0 atom stereocenters. The van der Waals surface area contributed by atoms with Gasteiger partial charge in [0.25, 0.3) is 0 Å². The van der Waals surface area contributed by atoms with Gasteiger partial charge in [-0.1, -0.05) is 147 Å². The summed E-state index contributed by atoms with van der Waals surface area (Å²) in [6.45, 7) is 4.73. The third kappa shape index (κ3) is 3.86. The molecular formula is C51H32OS. The average Bonchev–Trinajstić information content (AvgIpc) is 3.85. The van der Waals surface area contributed by atoms with E-state index in [1.54, 1.807) is 0 Å². The zero-order valence-electron chi connectivity index (χ0n) is 29.3. The van der Waals surface area contributed by atoms with Crippen molar-refractivity contribution < 1.29 is 4.42 Å². The number of benzene rings is 9. The molecule has 1 aliphatic rings. The summed E-state index contributed by atoms with van der Waals surface area (Å²) in [7, 11) is 0. The lowest BCUT2D eigenvalue weighted by Gasteiger charge is -2.23. The van der Waals surface area contributed by atoms with E-state index in [4.69, 9.17) is 4.42 Å². The minimum Gasteiger partial charge on any atom is -0.455 e. The summed E-state index contributed by atoms with van der Waals surface area (Å²) in [5, 5.41) is 12.4. The number of thiophene rings is 1. The number of hydrogen-bond donors (Lipinski definition) is 0. The van der Waals surface area contributed by atoms with Crippen molar-refractivity contribution in [3.63, 3.8) is 0 Å². The largest absolute Gasteiger partial charge is 0.455 e. The van der Waals surface area contributed by atoms with Crippen molar-refractivity contribution in [3.05, 3.63) is 169 Å². The first kappa shape index (κ1) is 29.4. The molecule has 0 radical (unpaired) electrons. The first-order chi connectivity index (χ1) is 26.1. The molecule has 0 aliphatic heterocycles. The zero-order chi connectivity index (χ0) is 35.0. The van der Waals surface area contributed by atoms with Gasteiger partial charge < -0.3 is 4.42 Å². The third-order valence-electron chi connectivity index (χ3n) is 12.0. The van der Waals surface area contributed by atoms with Crippen LogP contribution in [0.1, 0.15) is 25.0 Å². The van der Waals surface area contributed by atoms with Crippen LogP contribution in [0.3, 0.4) is 0 Å². The van der Waals surface area contributed by atoms with E-state index in [2.05, 4.69) is 172 Å². The first-order valence-corrected chi connectivity index (χ1v) is 19.2. The highest BCUT2D eigenvalue weighted by molar-refractivity contribution is 7.27. The molecule has 1 aliphatic carbocycles. The molecule has 2 aromatic heterocycles. The van der Waals surface area contributed by atoms with E-state index in [1.807, 2.05) is 11.3 Å². The molecule has 2 heterocycles. The topological polar surface area (TPSA) is 13.1 Å². The van der Waals surface area contributed by atoms with Gasteiger partial charge in [0, 0.05) is 41.7 Å². The summed E-state index contributed by atoms with van der Waals surface area (Å²) in [6, 6.07) is 58.5. The smallest absolute Gasteiger partial charge is 0.145 e. The minimum absolute atomic E-state index is 0.0681. The Morgan fingerprint density at radius 3 is 1.70 bits per heavy atom. The van der Waals surface area contributed by atoms with Crippen LogP contribution >= 0.6 is 11.3 Å². The van der Waals surface area contributed by atoms with Gasteiger partial charge in [-0.3, -0.25) is 0 Å². The van der Waals surface area contributed by atoms with Gasteiger partial charge in [0.15, 0.2) is 0 Å². The van der Waals surface area contributed by atoms with Crippen molar-refractivity contribution in [1.29, 1.82) is 0 Å². The number of rotatable bonds is 2. The Bertz CT molecular complexity index is 3320. The van der Waals surface area contributed by atoms with Crippen molar-refractivity contribution in [3.8, 4) is 33.4 Å². The standard InChI is InChI=1S/C51H32OS/c1-51(2)41-21-11-9-13-31(41)32-25-23-30(28-42(32)51)46-35-16-5-3-14-33(35)45(34-15-4-6-17-36(34)46)29-24-26-43-40(27-29)47-37-18-7-8-19-38(37)50-48(49(47)52-43)39-20-10-12-22-44(39)53-50/h3-28H,1-2H3. The van der Waals surface area contributed by atoms with Gasteiger partial charge in [-0.05, 0) is 95.7 Å². The Hall–Kier alpha value is -6.22. The van der Waals surface area contributed by atoms with Crippen LogP contribution in [0.15, 0.2) is 162 Å². The van der Waals surface area contributed by atoms with Crippen LogP contribution in [0.4, 0.5) is 0 Å².